The molecule has 0 radical (unpaired) electrons. The minimum atomic E-state index is 0.402. The molecule has 1 aromatic rings. The molecule has 1 aliphatic carbocycles. The third-order valence-electron chi connectivity index (χ3n) is 3.89. The number of nitrogens with zero attached hydrogens (tertiary/aromatic N) is 2. The Bertz CT molecular complexity index is 396. The molecule has 3 nitrogen and oxygen atoms in total. The third kappa shape index (κ3) is 2.80. The summed E-state index contributed by atoms with van der Waals surface area (Å²) < 4.78 is 3.28. The fourth-order valence-electron chi connectivity index (χ4n) is 2.70. The summed E-state index contributed by atoms with van der Waals surface area (Å²) in [6.07, 6.45) is 4.70. The molecule has 2 rings (SSSR count). The van der Waals surface area contributed by atoms with Crippen LogP contribution in [0, 0.1) is 11.8 Å². The Kier molecular flexibility index (Phi) is 4.49. The van der Waals surface area contributed by atoms with E-state index in [-0.39, 0.29) is 0 Å². The largest absolute Gasteiger partial charge is 0.309 e. The number of rotatable bonds is 6. The van der Waals surface area contributed by atoms with E-state index in [0.29, 0.717) is 18.0 Å². The highest BCUT2D eigenvalue weighted by molar-refractivity contribution is 9.10. The Morgan fingerprint density at radius 3 is 2.61 bits per heavy atom. The van der Waals surface area contributed by atoms with E-state index in [0.717, 1.165) is 16.9 Å². The maximum absolute atomic E-state index is 4.51. The van der Waals surface area contributed by atoms with E-state index in [9.17, 15) is 0 Å². The molecule has 1 fully saturated rings. The lowest BCUT2D eigenvalue weighted by atomic mass is 9.93. The van der Waals surface area contributed by atoms with E-state index in [2.05, 4.69) is 58.7 Å². The van der Waals surface area contributed by atoms with E-state index in [1.807, 2.05) is 6.20 Å². The number of hydrogen-bond donors (Lipinski definition) is 1. The predicted octanol–water partition coefficient (Wildman–Crippen LogP) is 3.92. The van der Waals surface area contributed by atoms with Gasteiger partial charge in [0, 0.05) is 6.04 Å². The third-order valence-corrected chi connectivity index (χ3v) is 4.50. The highest BCUT2D eigenvalue weighted by atomic mass is 79.9. The molecule has 0 aliphatic heterocycles. The van der Waals surface area contributed by atoms with Crippen LogP contribution in [0.4, 0.5) is 0 Å². The first kappa shape index (κ1) is 14.1. The van der Waals surface area contributed by atoms with Crippen LogP contribution in [-0.4, -0.2) is 16.3 Å². The summed E-state index contributed by atoms with van der Waals surface area (Å²) in [7, 11) is 0. The Hall–Kier alpha value is -0.350. The summed E-state index contributed by atoms with van der Waals surface area (Å²) in [5, 5.41) is 8.16. The van der Waals surface area contributed by atoms with Gasteiger partial charge in [-0.05, 0) is 61.0 Å². The molecular weight excluding hydrogens is 290 g/mol. The molecule has 2 atom stereocenters. The zero-order valence-electron chi connectivity index (χ0n) is 11.8. The van der Waals surface area contributed by atoms with Crippen molar-refractivity contribution in [1.82, 2.24) is 15.1 Å². The highest BCUT2D eigenvalue weighted by Crippen LogP contribution is 2.44. The van der Waals surface area contributed by atoms with E-state index in [1.54, 1.807) is 0 Å². The van der Waals surface area contributed by atoms with Gasteiger partial charge in [-0.25, -0.2) is 0 Å². The van der Waals surface area contributed by atoms with Gasteiger partial charge in [-0.1, -0.05) is 13.8 Å². The zero-order chi connectivity index (χ0) is 13.3. The molecule has 0 amide bonds. The Balaban J connectivity index is 2.31. The van der Waals surface area contributed by atoms with Crippen LogP contribution in [0.2, 0.25) is 0 Å². The van der Waals surface area contributed by atoms with Crippen molar-refractivity contribution in [3.63, 3.8) is 0 Å². The van der Waals surface area contributed by atoms with Crippen molar-refractivity contribution in [2.24, 2.45) is 11.8 Å². The van der Waals surface area contributed by atoms with E-state index < -0.39 is 0 Å². The van der Waals surface area contributed by atoms with Crippen molar-refractivity contribution in [3.8, 4) is 0 Å². The maximum Gasteiger partial charge on any atom is 0.0701 e. The van der Waals surface area contributed by atoms with Gasteiger partial charge in [-0.15, -0.1) is 0 Å². The maximum atomic E-state index is 4.51. The van der Waals surface area contributed by atoms with Crippen molar-refractivity contribution >= 4 is 15.9 Å². The molecule has 4 heteroatoms. The second kappa shape index (κ2) is 5.74. The lowest BCUT2D eigenvalue weighted by molar-refractivity contribution is 0.326. The fraction of sp³-hybridized carbons (Fsp3) is 0.786. The number of halogens is 1. The van der Waals surface area contributed by atoms with E-state index >= 15 is 0 Å². The molecular formula is C14H24BrN3. The molecule has 1 heterocycles. The van der Waals surface area contributed by atoms with Crippen LogP contribution >= 0.6 is 15.9 Å². The molecule has 0 saturated heterocycles. The van der Waals surface area contributed by atoms with Crippen LogP contribution in [0.15, 0.2) is 10.7 Å². The van der Waals surface area contributed by atoms with Gasteiger partial charge in [0.15, 0.2) is 0 Å². The number of hydrogen-bond acceptors (Lipinski definition) is 2. The van der Waals surface area contributed by atoms with Crippen LogP contribution in [0.1, 0.15) is 58.3 Å². The van der Waals surface area contributed by atoms with Gasteiger partial charge in [0.05, 0.1) is 22.4 Å². The van der Waals surface area contributed by atoms with Crippen molar-refractivity contribution in [3.05, 3.63) is 16.4 Å². The monoisotopic (exact) mass is 313 g/mol. The number of nitrogens with one attached hydrogen (secondary N) is 1. The van der Waals surface area contributed by atoms with Gasteiger partial charge in [0.2, 0.25) is 0 Å². The van der Waals surface area contributed by atoms with Crippen LogP contribution in [0.25, 0.3) is 0 Å². The van der Waals surface area contributed by atoms with Gasteiger partial charge >= 0.3 is 0 Å². The molecule has 102 valence electrons. The predicted molar refractivity (Wildman–Crippen MR) is 78.6 cm³/mol. The molecule has 0 spiro atoms. The zero-order valence-corrected chi connectivity index (χ0v) is 13.4. The van der Waals surface area contributed by atoms with Crippen LogP contribution in [0.5, 0.6) is 0 Å². The van der Waals surface area contributed by atoms with E-state index in [1.165, 1.54) is 18.5 Å². The summed E-state index contributed by atoms with van der Waals surface area (Å²) in [6, 6.07) is 0.806. The average molecular weight is 314 g/mol. The van der Waals surface area contributed by atoms with Gasteiger partial charge in [-0.3, -0.25) is 4.68 Å². The first-order valence-electron chi connectivity index (χ1n) is 7.02. The minimum Gasteiger partial charge on any atom is -0.309 e. The lowest BCUT2D eigenvalue weighted by Crippen LogP contribution is -2.30. The molecule has 1 aliphatic rings. The Labute approximate surface area is 118 Å². The average Bonchev–Trinajstić information content (AvgIpc) is 3.09. The second-order valence-corrected chi connectivity index (χ2v) is 6.50. The molecule has 0 aromatic carbocycles. The molecule has 1 aromatic heterocycles. The topological polar surface area (TPSA) is 29.9 Å². The second-order valence-electron chi connectivity index (χ2n) is 5.65. The Morgan fingerprint density at radius 2 is 2.11 bits per heavy atom. The van der Waals surface area contributed by atoms with Crippen molar-refractivity contribution in [1.29, 1.82) is 0 Å². The van der Waals surface area contributed by atoms with Gasteiger partial charge in [-0.2, -0.15) is 5.10 Å². The smallest absolute Gasteiger partial charge is 0.0701 e. The quantitative estimate of drug-likeness (QED) is 0.862. The van der Waals surface area contributed by atoms with Crippen LogP contribution in [0.3, 0.4) is 0 Å². The Morgan fingerprint density at radius 1 is 1.44 bits per heavy atom. The standard InChI is InChI=1S/C14H24BrN3/c1-5-16-13(10(4)11-6-7-11)14-12(15)8-17-18(14)9(2)3/h8-11,13,16H,5-7H2,1-4H3. The van der Waals surface area contributed by atoms with Crippen molar-refractivity contribution in [2.75, 3.05) is 6.54 Å². The summed E-state index contributed by atoms with van der Waals surface area (Å²) in [6.45, 7) is 9.92. The number of aromatic nitrogens is 2. The molecule has 0 bridgehead atoms. The highest BCUT2D eigenvalue weighted by Gasteiger charge is 2.36. The fourth-order valence-corrected chi connectivity index (χ4v) is 3.22. The summed E-state index contributed by atoms with van der Waals surface area (Å²) >= 11 is 3.67. The summed E-state index contributed by atoms with van der Waals surface area (Å²) in [5.74, 6) is 1.56. The summed E-state index contributed by atoms with van der Waals surface area (Å²) in [5.41, 5.74) is 1.31. The molecule has 18 heavy (non-hydrogen) atoms. The normalized spacial score (nSPS) is 19.2. The first-order valence-corrected chi connectivity index (χ1v) is 7.81. The van der Waals surface area contributed by atoms with Crippen LogP contribution < -0.4 is 5.32 Å². The van der Waals surface area contributed by atoms with Crippen LogP contribution in [-0.2, 0) is 0 Å². The molecule has 2 unspecified atom stereocenters. The van der Waals surface area contributed by atoms with Crippen molar-refractivity contribution < 1.29 is 0 Å². The first-order chi connectivity index (χ1) is 8.56. The van der Waals surface area contributed by atoms with E-state index in [4.69, 9.17) is 0 Å². The SMILES string of the molecule is CCNC(c1c(Br)cnn1C(C)C)C(C)C1CC1. The molecule has 1 saturated carbocycles. The van der Waals surface area contributed by atoms with Gasteiger partial charge in [0.1, 0.15) is 0 Å². The minimum absolute atomic E-state index is 0.402. The van der Waals surface area contributed by atoms with Crippen molar-refractivity contribution in [2.45, 2.75) is 52.6 Å². The molecule has 1 N–H and O–H groups in total. The summed E-state index contributed by atoms with van der Waals surface area (Å²) in [4.78, 5) is 0. The lowest BCUT2D eigenvalue weighted by Gasteiger charge is -2.27. The van der Waals surface area contributed by atoms with Gasteiger partial charge < -0.3 is 5.32 Å². The van der Waals surface area contributed by atoms with Gasteiger partial charge in [0.25, 0.3) is 0 Å².